The molecule has 0 aliphatic carbocycles. The van der Waals surface area contributed by atoms with E-state index >= 15 is 0 Å². The van der Waals surface area contributed by atoms with Crippen molar-refractivity contribution in [2.45, 2.75) is 32.4 Å². The molecule has 1 aromatic carbocycles. The van der Waals surface area contributed by atoms with Gasteiger partial charge < -0.3 is 15.0 Å². The molecule has 106 valence electrons. The lowest BCUT2D eigenvalue weighted by Crippen LogP contribution is -2.14. The quantitative estimate of drug-likeness (QED) is 0.872. The number of benzene rings is 1. The van der Waals surface area contributed by atoms with Gasteiger partial charge in [0.1, 0.15) is 18.2 Å². The zero-order valence-electron chi connectivity index (χ0n) is 10.8. The van der Waals surface area contributed by atoms with Crippen LogP contribution < -0.4 is 10.5 Å². The maximum absolute atomic E-state index is 13.2. The first kappa shape index (κ1) is 13.4. The maximum atomic E-state index is 13.2. The lowest BCUT2D eigenvalue weighted by atomic mass is 10.2. The Morgan fingerprint density at radius 1 is 1.35 bits per heavy atom. The Morgan fingerprint density at radius 2 is 2.20 bits per heavy atom. The van der Waals surface area contributed by atoms with E-state index in [9.17, 15) is 4.39 Å². The molecule has 3 rings (SSSR count). The van der Waals surface area contributed by atoms with Crippen molar-refractivity contribution < 1.29 is 9.13 Å². The molecule has 2 N–H and O–H groups in total. The number of aromatic nitrogens is 3. The van der Waals surface area contributed by atoms with E-state index in [0.717, 1.165) is 37.5 Å². The van der Waals surface area contributed by atoms with Gasteiger partial charge in [-0.2, -0.15) is 0 Å². The van der Waals surface area contributed by atoms with Crippen LogP contribution in [-0.4, -0.2) is 14.8 Å². The lowest BCUT2D eigenvalue weighted by molar-refractivity contribution is 0.285. The van der Waals surface area contributed by atoms with Gasteiger partial charge in [0.25, 0.3) is 0 Å². The van der Waals surface area contributed by atoms with Crippen molar-refractivity contribution in [3.63, 3.8) is 0 Å². The summed E-state index contributed by atoms with van der Waals surface area (Å²) in [7, 11) is 0. The fourth-order valence-corrected chi connectivity index (χ4v) is 2.91. The molecule has 1 aliphatic rings. The first-order valence-electron chi connectivity index (χ1n) is 6.43. The van der Waals surface area contributed by atoms with E-state index in [1.54, 1.807) is 0 Å². The normalized spacial score (nSPS) is 14.1. The van der Waals surface area contributed by atoms with Crippen LogP contribution in [0.4, 0.5) is 10.1 Å². The molecule has 0 saturated carbocycles. The number of hydrogen-bond acceptors (Lipinski definition) is 4. The average molecular weight is 341 g/mol. The molecule has 0 radical (unpaired) electrons. The first-order valence-corrected chi connectivity index (χ1v) is 7.22. The summed E-state index contributed by atoms with van der Waals surface area (Å²) >= 11 is 3.25. The summed E-state index contributed by atoms with van der Waals surface area (Å²) in [5.74, 6) is 1.80. The van der Waals surface area contributed by atoms with E-state index in [2.05, 4.69) is 30.7 Å². The first-order chi connectivity index (χ1) is 9.65. The molecular formula is C13H14BrFN4O. The summed E-state index contributed by atoms with van der Waals surface area (Å²) in [6, 6.07) is 2.56. The molecule has 0 spiro atoms. The number of fused-ring (bicyclic) bond motifs is 1. The summed E-state index contributed by atoms with van der Waals surface area (Å²) in [4.78, 5) is 0. The largest absolute Gasteiger partial charge is 0.482 e. The topological polar surface area (TPSA) is 66.0 Å². The predicted molar refractivity (Wildman–Crippen MR) is 75.8 cm³/mol. The molecular weight excluding hydrogens is 327 g/mol. The van der Waals surface area contributed by atoms with Crippen LogP contribution in [0.5, 0.6) is 5.75 Å². The summed E-state index contributed by atoms with van der Waals surface area (Å²) in [6.45, 7) is 1.18. The monoisotopic (exact) mass is 340 g/mol. The number of nitrogen functional groups attached to an aromatic ring is 1. The summed E-state index contributed by atoms with van der Waals surface area (Å²) in [5, 5.41) is 8.31. The summed E-state index contributed by atoms with van der Waals surface area (Å²) in [5.41, 5.74) is 6.02. The maximum Gasteiger partial charge on any atom is 0.171 e. The van der Waals surface area contributed by atoms with Gasteiger partial charge in [-0.3, -0.25) is 0 Å². The number of nitrogens with two attached hydrogens (primary N) is 1. The van der Waals surface area contributed by atoms with Crippen LogP contribution in [0.15, 0.2) is 16.6 Å². The Morgan fingerprint density at radius 3 is 3.00 bits per heavy atom. The third kappa shape index (κ3) is 2.49. The Hall–Kier alpha value is -1.63. The van der Waals surface area contributed by atoms with Crippen molar-refractivity contribution in [2.24, 2.45) is 0 Å². The zero-order chi connectivity index (χ0) is 14.1. The molecule has 0 atom stereocenters. The van der Waals surface area contributed by atoms with E-state index < -0.39 is 5.82 Å². The van der Waals surface area contributed by atoms with Crippen LogP contribution in [0.1, 0.15) is 24.5 Å². The minimum atomic E-state index is -0.401. The summed E-state index contributed by atoms with van der Waals surface area (Å²) < 4.78 is 21.4. The van der Waals surface area contributed by atoms with E-state index in [0.29, 0.717) is 10.2 Å². The van der Waals surface area contributed by atoms with Gasteiger partial charge in [-0.05, 0) is 34.8 Å². The van der Waals surface area contributed by atoms with Gasteiger partial charge in [0.05, 0.1) is 10.2 Å². The number of halogens is 2. The number of hydrogen-bond donors (Lipinski definition) is 1. The molecule has 0 fully saturated rings. The molecule has 0 amide bonds. The molecule has 5 nitrogen and oxygen atoms in total. The molecule has 2 heterocycles. The molecule has 2 aromatic rings. The molecule has 0 unspecified atom stereocenters. The van der Waals surface area contributed by atoms with E-state index in [1.165, 1.54) is 12.1 Å². The van der Waals surface area contributed by atoms with Gasteiger partial charge in [0.15, 0.2) is 11.6 Å². The second kappa shape index (κ2) is 5.40. The third-order valence-electron chi connectivity index (χ3n) is 3.32. The number of rotatable bonds is 3. The molecule has 7 heteroatoms. The van der Waals surface area contributed by atoms with Gasteiger partial charge >= 0.3 is 0 Å². The van der Waals surface area contributed by atoms with Crippen LogP contribution in [0, 0.1) is 5.82 Å². The van der Waals surface area contributed by atoms with Crippen LogP contribution in [0.3, 0.4) is 0 Å². The van der Waals surface area contributed by atoms with Gasteiger partial charge in [-0.15, -0.1) is 10.2 Å². The van der Waals surface area contributed by atoms with Crippen LogP contribution >= 0.6 is 15.9 Å². The van der Waals surface area contributed by atoms with Gasteiger partial charge in [-0.25, -0.2) is 4.39 Å². The van der Waals surface area contributed by atoms with Crippen LogP contribution in [0.2, 0.25) is 0 Å². The van der Waals surface area contributed by atoms with Crippen molar-refractivity contribution in [1.29, 1.82) is 0 Å². The predicted octanol–water partition coefficient (Wildman–Crippen LogP) is 2.68. The number of nitrogens with zero attached hydrogens (tertiary/aromatic N) is 3. The van der Waals surface area contributed by atoms with E-state index in [-0.39, 0.29) is 12.3 Å². The molecule has 1 aliphatic heterocycles. The van der Waals surface area contributed by atoms with Crippen molar-refractivity contribution in [1.82, 2.24) is 14.8 Å². The Bertz CT molecular complexity index is 620. The van der Waals surface area contributed by atoms with Crippen molar-refractivity contribution in [3.8, 4) is 5.75 Å². The lowest BCUT2D eigenvalue weighted by Gasteiger charge is -2.15. The molecule has 1 aromatic heterocycles. The van der Waals surface area contributed by atoms with Gasteiger partial charge in [0, 0.05) is 19.0 Å². The highest BCUT2D eigenvalue weighted by Crippen LogP contribution is 2.33. The van der Waals surface area contributed by atoms with E-state index in [4.69, 9.17) is 10.5 Å². The highest BCUT2D eigenvalue weighted by molar-refractivity contribution is 9.10. The smallest absolute Gasteiger partial charge is 0.171 e. The number of anilines is 1. The fourth-order valence-electron chi connectivity index (χ4n) is 2.34. The second-order valence-corrected chi connectivity index (χ2v) is 5.59. The van der Waals surface area contributed by atoms with Crippen molar-refractivity contribution in [3.05, 3.63) is 34.1 Å². The fraction of sp³-hybridized carbons (Fsp3) is 0.385. The minimum absolute atomic E-state index is 0.259. The number of aryl methyl sites for hydroxylation is 1. The van der Waals surface area contributed by atoms with Crippen molar-refractivity contribution >= 4 is 21.6 Å². The highest BCUT2D eigenvalue weighted by atomic mass is 79.9. The standard InChI is InChI=1S/C13H14BrFN4O/c14-9-5-8(15)6-10(16)13(9)20-7-12-18-17-11-3-1-2-4-19(11)12/h5-6H,1-4,7,16H2. The zero-order valence-corrected chi connectivity index (χ0v) is 12.4. The van der Waals surface area contributed by atoms with Gasteiger partial charge in [0.2, 0.25) is 0 Å². The number of ether oxygens (including phenoxy) is 1. The Balaban J connectivity index is 1.79. The SMILES string of the molecule is Nc1cc(F)cc(Br)c1OCc1nnc2n1CCCC2. The Kier molecular flexibility index (Phi) is 3.60. The second-order valence-electron chi connectivity index (χ2n) is 4.74. The van der Waals surface area contributed by atoms with Crippen LogP contribution in [-0.2, 0) is 19.6 Å². The minimum Gasteiger partial charge on any atom is -0.482 e. The van der Waals surface area contributed by atoms with E-state index in [1.807, 2.05) is 0 Å². The van der Waals surface area contributed by atoms with Crippen molar-refractivity contribution in [2.75, 3.05) is 5.73 Å². The van der Waals surface area contributed by atoms with Crippen LogP contribution in [0.25, 0.3) is 0 Å². The van der Waals surface area contributed by atoms with Gasteiger partial charge in [-0.1, -0.05) is 0 Å². The molecule has 0 bridgehead atoms. The molecule has 20 heavy (non-hydrogen) atoms. The highest BCUT2D eigenvalue weighted by Gasteiger charge is 2.17. The Labute approximate surface area is 124 Å². The average Bonchev–Trinajstić information content (AvgIpc) is 2.81. The summed E-state index contributed by atoms with van der Waals surface area (Å²) in [6.07, 6.45) is 3.23. The molecule has 0 saturated heterocycles. The third-order valence-corrected chi connectivity index (χ3v) is 3.91.